The van der Waals surface area contributed by atoms with Crippen molar-refractivity contribution < 1.29 is 19.3 Å². The molecule has 1 aliphatic heterocycles. The highest BCUT2D eigenvalue weighted by Crippen LogP contribution is 2.32. The molecule has 0 saturated carbocycles. The summed E-state index contributed by atoms with van der Waals surface area (Å²) in [5, 5.41) is 12.3. The molecule has 0 spiro atoms. The number of rotatable bonds is 7. The molecule has 2 aromatic rings. The molecule has 2 aromatic carbocycles. The predicted molar refractivity (Wildman–Crippen MR) is 96.3 cm³/mol. The Kier molecular flexibility index (Phi) is 6.14. The molecule has 0 saturated heterocycles. The van der Waals surface area contributed by atoms with Gasteiger partial charge in [0.05, 0.1) is 19.8 Å². The smallest absolute Gasteiger partial charge is 0.161 e. The Bertz CT molecular complexity index is 672. The zero-order valence-corrected chi connectivity index (χ0v) is 14.5. The molecule has 1 heterocycles. The fourth-order valence-electron chi connectivity index (χ4n) is 2.71. The van der Waals surface area contributed by atoms with Crippen molar-refractivity contribution in [1.82, 2.24) is 5.32 Å². The molecule has 0 bridgehead atoms. The number of benzene rings is 2. The average molecular weight is 343 g/mol. The molecule has 1 aliphatic rings. The lowest BCUT2D eigenvalue weighted by molar-refractivity contribution is 0.201. The van der Waals surface area contributed by atoms with Crippen molar-refractivity contribution in [3.05, 3.63) is 53.6 Å². The van der Waals surface area contributed by atoms with Gasteiger partial charge in [-0.1, -0.05) is 18.2 Å². The Morgan fingerprint density at radius 3 is 2.60 bits per heavy atom. The Labute approximate surface area is 148 Å². The molecule has 134 valence electrons. The fourth-order valence-corrected chi connectivity index (χ4v) is 2.71. The lowest BCUT2D eigenvalue weighted by Gasteiger charge is -2.16. The van der Waals surface area contributed by atoms with Gasteiger partial charge in [0.15, 0.2) is 11.5 Å². The first-order valence-corrected chi connectivity index (χ1v) is 8.72. The van der Waals surface area contributed by atoms with E-state index in [0.29, 0.717) is 19.8 Å². The minimum atomic E-state index is 0.0242. The van der Waals surface area contributed by atoms with E-state index in [-0.39, 0.29) is 12.6 Å². The Hall–Kier alpha value is -2.24. The molecular formula is C20H25NO4. The summed E-state index contributed by atoms with van der Waals surface area (Å²) in [5.41, 5.74) is 2.35. The first-order valence-electron chi connectivity index (χ1n) is 8.72. The van der Waals surface area contributed by atoms with Gasteiger partial charge in [0, 0.05) is 19.0 Å². The van der Waals surface area contributed by atoms with Crippen molar-refractivity contribution in [2.24, 2.45) is 0 Å². The van der Waals surface area contributed by atoms with Crippen LogP contribution in [0.1, 0.15) is 30.5 Å². The van der Waals surface area contributed by atoms with E-state index in [1.54, 1.807) is 0 Å². The molecule has 0 aliphatic carbocycles. The van der Waals surface area contributed by atoms with Gasteiger partial charge in [0.25, 0.3) is 0 Å². The third-order valence-corrected chi connectivity index (χ3v) is 4.17. The van der Waals surface area contributed by atoms with Gasteiger partial charge in [0.1, 0.15) is 12.4 Å². The molecule has 3 rings (SSSR count). The summed E-state index contributed by atoms with van der Waals surface area (Å²) in [4.78, 5) is 0. The van der Waals surface area contributed by atoms with Crippen LogP contribution in [0.5, 0.6) is 17.2 Å². The topological polar surface area (TPSA) is 60.0 Å². The van der Waals surface area contributed by atoms with Gasteiger partial charge >= 0.3 is 0 Å². The van der Waals surface area contributed by atoms with Crippen LogP contribution in [0.2, 0.25) is 0 Å². The van der Waals surface area contributed by atoms with Gasteiger partial charge in [-0.2, -0.15) is 0 Å². The van der Waals surface area contributed by atoms with Crippen molar-refractivity contribution in [3.63, 3.8) is 0 Å². The second-order valence-electron chi connectivity index (χ2n) is 6.08. The molecule has 25 heavy (non-hydrogen) atoms. The molecule has 0 aromatic heterocycles. The highest BCUT2D eigenvalue weighted by Gasteiger charge is 2.13. The minimum Gasteiger partial charge on any atom is -0.491 e. The summed E-state index contributed by atoms with van der Waals surface area (Å²) in [6, 6.07) is 14.2. The molecule has 0 unspecified atom stereocenters. The van der Waals surface area contributed by atoms with Crippen LogP contribution < -0.4 is 19.5 Å². The third-order valence-electron chi connectivity index (χ3n) is 4.17. The first kappa shape index (κ1) is 17.6. The van der Waals surface area contributed by atoms with Gasteiger partial charge < -0.3 is 24.6 Å². The second kappa shape index (κ2) is 8.74. The van der Waals surface area contributed by atoms with Crippen molar-refractivity contribution in [2.75, 3.05) is 26.4 Å². The van der Waals surface area contributed by atoms with Gasteiger partial charge in [-0.3, -0.25) is 0 Å². The molecular weight excluding hydrogens is 318 g/mol. The van der Waals surface area contributed by atoms with Crippen LogP contribution in [-0.2, 0) is 6.54 Å². The number of fused-ring (bicyclic) bond motifs is 1. The van der Waals surface area contributed by atoms with E-state index in [2.05, 4.69) is 24.4 Å². The Balaban J connectivity index is 1.57. The van der Waals surface area contributed by atoms with E-state index in [9.17, 15) is 0 Å². The monoisotopic (exact) mass is 343 g/mol. The number of aliphatic hydroxyl groups is 1. The summed E-state index contributed by atoms with van der Waals surface area (Å²) >= 11 is 0. The van der Waals surface area contributed by atoms with E-state index in [1.807, 2.05) is 30.3 Å². The lowest BCUT2D eigenvalue weighted by atomic mass is 10.1. The highest BCUT2D eigenvalue weighted by atomic mass is 16.5. The summed E-state index contributed by atoms with van der Waals surface area (Å²) in [7, 11) is 0. The summed E-state index contributed by atoms with van der Waals surface area (Å²) in [5.74, 6) is 2.43. The maximum atomic E-state index is 8.77. The number of nitrogens with one attached hydrogen (secondary N) is 1. The van der Waals surface area contributed by atoms with E-state index < -0.39 is 0 Å². The standard InChI is InChI=1S/C20H25NO4/c1-15(17-5-8-19-20(13-17)25-11-2-10-24-19)21-14-16-3-6-18(7-4-16)23-12-9-22/h3-8,13,15,21-22H,2,9-12,14H2,1H3/t15-/m1/s1. The lowest BCUT2D eigenvalue weighted by Crippen LogP contribution is -2.18. The molecule has 0 amide bonds. The van der Waals surface area contributed by atoms with Crippen LogP contribution in [0.3, 0.4) is 0 Å². The molecule has 1 atom stereocenters. The van der Waals surface area contributed by atoms with Crippen molar-refractivity contribution in [2.45, 2.75) is 25.9 Å². The molecule has 0 radical (unpaired) electrons. The van der Waals surface area contributed by atoms with Gasteiger partial charge in [-0.15, -0.1) is 0 Å². The molecule has 5 nitrogen and oxygen atoms in total. The van der Waals surface area contributed by atoms with Crippen molar-refractivity contribution in [1.29, 1.82) is 0 Å². The van der Waals surface area contributed by atoms with Crippen LogP contribution in [-0.4, -0.2) is 31.5 Å². The zero-order chi connectivity index (χ0) is 17.5. The molecule has 5 heteroatoms. The number of hydrogen-bond donors (Lipinski definition) is 2. The third kappa shape index (κ3) is 4.87. The summed E-state index contributed by atoms with van der Waals surface area (Å²) in [6.45, 7) is 4.64. The Morgan fingerprint density at radius 1 is 1.08 bits per heavy atom. The summed E-state index contributed by atoms with van der Waals surface area (Å²) < 4.78 is 16.8. The zero-order valence-electron chi connectivity index (χ0n) is 14.5. The molecule has 2 N–H and O–H groups in total. The normalized spacial score (nSPS) is 14.6. The van der Waals surface area contributed by atoms with Crippen molar-refractivity contribution >= 4 is 0 Å². The quantitative estimate of drug-likeness (QED) is 0.809. The number of hydrogen-bond acceptors (Lipinski definition) is 5. The SMILES string of the molecule is C[C@@H](NCc1ccc(OCCO)cc1)c1ccc2c(c1)OCCCO2. The van der Waals surface area contributed by atoms with E-state index in [1.165, 1.54) is 11.1 Å². The van der Waals surface area contributed by atoms with Crippen LogP contribution in [0.25, 0.3) is 0 Å². The predicted octanol–water partition coefficient (Wildman–Crippen LogP) is 3.07. The van der Waals surface area contributed by atoms with E-state index >= 15 is 0 Å². The van der Waals surface area contributed by atoms with Gasteiger partial charge in [-0.05, 0) is 42.3 Å². The second-order valence-corrected chi connectivity index (χ2v) is 6.08. The van der Waals surface area contributed by atoms with Crippen LogP contribution in [0, 0.1) is 0 Å². The minimum absolute atomic E-state index is 0.0242. The van der Waals surface area contributed by atoms with Gasteiger partial charge in [0.2, 0.25) is 0 Å². The van der Waals surface area contributed by atoms with Crippen LogP contribution in [0.15, 0.2) is 42.5 Å². The van der Waals surface area contributed by atoms with Crippen LogP contribution in [0.4, 0.5) is 0 Å². The van der Waals surface area contributed by atoms with Crippen molar-refractivity contribution in [3.8, 4) is 17.2 Å². The fraction of sp³-hybridized carbons (Fsp3) is 0.400. The maximum Gasteiger partial charge on any atom is 0.161 e. The van der Waals surface area contributed by atoms with Gasteiger partial charge in [-0.25, -0.2) is 0 Å². The Morgan fingerprint density at radius 2 is 1.84 bits per heavy atom. The largest absolute Gasteiger partial charge is 0.491 e. The van der Waals surface area contributed by atoms with E-state index in [0.717, 1.165) is 30.2 Å². The number of aliphatic hydroxyl groups excluding tert-OH is 1. The first-order chi connectivity index (χ1) is 12.3. The van der Waals surface area contributed by atoms with Crippen LogP contribution >= 0.6 is 0 Å². The summed E-state index contributed by atoms with van der Waals surface area (Å²) in [6.07, 6.45) is 0.913. The highest BCUT2D eigenvalue weighted by molar-refractivity contribution is 5.44. The number of ether oxygens (including phenoxy) is 3. The average Bonchev–Trinajstić information content (AvgIpc) is 2.90. The maximum absolute atomic E-state index is 8.77. The molecule has 0 fully saturated rings. The van der Waals surface area contributed by atoms with E-state index in [4.69, 9.17) is 19.3 Å².